The molecule has 0 saturated carbocycles. The lowest BCUT2D eigenvalue weighted by atomic mass is 10.1. The van der Waals surface area contributed by atoms with E-state index in [1.165, 1.54) is 11.1 Å². The van der Waals surface area contributed by atoms with E-state index in [9.17, 15) is 4.39 Å². The summed E-state index contributed by atoms with van der Waals surface area (Å²) in [6, 6.07) is 11.9. The van der Waals surface area contributed by atoms with Crippen molar-refractivity contribution in [2.75, 3.05) is 12.3 Å². The molecule has 2 nitrogen and oxygen atoms in total. The largest absolute Gasteiger partial charge is 0.309 e. The molecule has 0 aliphatic carbocycles. The van der Waals surface area contributed by atoms with Crippen molar-refractivity contribution in [2.45, 2.75) is 24.3 Å². The quantitative estimate of drug-likeness (QED) is 0.779. The molecule has 1 aromatic carbocycles. The lowest BCUT2D eigenvalue weighted by Gasteiger charge is -2.18. The van der Waals surface area contributed by atoms with Crippen LogP contribution in [0.2, 0.25) is 0 Å². The Hall–Kier alpha value is -1.39. The minimum atomic E-state index is -0.282. The van der Waals surface area contributed by atoms with Gasteiger partial charge in [-0.1, -0.05) is 25.1 Å². The minimum absolute atomic E-state index is 0.114. The first-order valence-electron chi connectivity index (χ1n) is 6.81. The van der Waals surface area contributed by atoms with Crippen LogP contribution in [0, 0.1) is 5.82 Å². The van der Waals surface area contributed by atoms with E-state index in [-0.39, 0.29) is 11.9 Å². The van der Waals surface area contributed by atoms with Gasteiger partial charge in [0.2, 0.25) is 0 Å². The van der Waals surface area contributed by atoms with Crippen molar-refractivity contribution in [3.63, 3.8) is 0 Å². The van der Waals surface area contributed by atoms with E-state index >= 15 is 0 Å². The second-order valence-corrected chi connectivity index (χ2v) is 5.66. The summed E-state index contributed by atoms with van der Waals surface area (Å²) in [7, 11) is 0. The van der Waals surface area contributed by atoms with Crippen molar-refractivity contribution >= 4 is 11.8 Å². The number of aromatic nitrogens is 1. The van der Waals surface area contributed by atoms with Gasteiger partial charge >= 0.3 is 0 Å². The summed E-state index contributed by atoms with van der Waals surface area (Å²) in [6.07, 6.45) is 4.03. The third-order valence-corrected chi connectivity index (χ3v) is 4.03. The fourth-order valence-electron chi connectivity index (χ4n) is 1.91. The van der Waals surface area contributed by atoms with Gasteiger partial charge in [-0.3, -0.25) is 4.98 Å². The third-order valence-electron chi connectivity index (χ3n) is 2.93. The molecule has 2 aromatic rings. The minimum Gasteiger partial charge on any atom is -0.309 e. The molecule has 1 aromatic heterocycles. The van der Waals surface area contributed by atoms with Crippen LogP contribution < -0.4 is 5.32 Å². The Balaban J connectivity index is 2.03. The lowest BCUT2D eigenvalue weighted by molar-refractivity contribution is 0.564. The highest BCUT2D eigenvalue weighted by atomic mass is 32.2. The average Bonchev–Trinajstić information content (AvgIpc) is 2.48. The molecule has 20 heavy (non-hydrogen) atoms. The lowest BCUT2D eigenvalue weighted by Crippen LogP contribution is -2.24. The number of benzene rings is 1. The maximum atomic E-state index is 13.3. The number of pyridine rings is 1. The van der Waals surface area contributed by atoms with Gasteiger partial charge in [-0.15, -0.1) is 11.8 Å². The zero-order valence-corrected chi connectivity index (χ0v) is 12.4. The first-order chi connectivity index (χ1) is 9.79. The van der Waals surface area contributed by atoms with Crippen LogP contribution in [0.4, 0.5) is 4.39 Å². The van der Waals surface area contributed by atoms with Gasteiger partial charge in [0, 0.05) is 22.9 Å². The standard InChI is InChI=1S/C16H19FN2S/c1-2-8-19-16(13-9-14(17)11-18-10-13)12-20-15-6-4-3-5-7-15/h3-7,9-11,16,19H,2,8,12H2,1H3. The number of hydrogen-bond acceptors (Lipinski definition) is 3. The van der Waals surface area contributed by atoms with Crippen molar-refractivity contribution in [2.24, 2.45) is 0 Å². The van der Waals surface area contributed by atoms with E-state index in [1.807, 2.05) is 18.2 Å². The van der Waals surface area contributed by atoms with Crippen LogP contribution in [0.25, 0.3) is 0 Å². The van der Waals surface area contributed by atoms with E-state index in [2.05, 4.69) is 29.4 Å². The van der Waals surface area contributed by atoms with Gasteiger partial charge in [0.25, 0.3) is 0 Å². The fraction of sp³-hybridized carbons (Fsp3) is 0.312. The van der Waals surface area contributed by atoms with Crippen LogP contribution in [0.1, 0.15) is 24.9 Å². The van der Waals surface area contributed by atoms with E-state index in [4.69, 9.17) is 0 Å². The zero-order valence-electron chi connectivity index (χ0n) is 11.6. The molecule has 0 bridgehead atoms. The summed E-state index contributed by atoms with van der Waals surface area (Å²) in [6.45, 7) is 3.04. The Labute approximate surface area is 123 Å². The van der Waals surface area contributed by atoms with Crippen LogP contribution in [0.5, 0.6) is 0 Å². The Morgan fingerprint density at radius 3 is 2.75 bits per heavy atom. The molecule has 0 saturated heterocycles. The molecule has 0 aliphatic rings. The molecule has 0 fully saturated rings. The van der Waals surface area contributed by atoms with E-state index in [1.54, 1.807) is 24.0 Å². The monoisotopic (exact) mass is 290 g/mol. The summed E-state index contributed by atoms with van der Waals surface area (Å²) >= 11 is 1.77. The Morgan fingerprint density at radius 2 is 2.05 bits per heavy atom. The van der Waals surface area contributed by atoms with Gasteiger partial charge in [-0.05, 0) is 36.7 Å². The number of hydrogen-bond donors (Lipinski definition) is 1. The second kappa shape index (κ2) is 8.02. The smallest absolute Gasteiger partial charge is 0.141 e. The van der Waals surface area contributed by atoms with Gasteiger partial charge in [-0.25, -0.2) is 4.39 Å². The van der Waals surface area contributed by atoms with Crippen molar-refractivity contribution in [1.29, 1.82) is 0 Å². The topological polar surface area (TPSA) is 24.9 Å². The highest BCUT2D eigenvalue weighted by Crippen LogP contribution is 2.24. The normalized spacial score (nSPS) is 12.3. The van der Waals surface area contributed by atoms with Crippen LogP contribution in [-0.4, -0.2) is 17.3 Å². The molecule has 106 valence electrons. The van der Waals surface area contributed by atoms with Crippen molar-refractivity contribution in [3.05, 3.63) is 60.2 Å². The summed E-state index contributed by atoms with van der Waals surface area (Å²) in [5, 5.41) is 3.46. The highest BCUT2D eigenvalue weighted by Gasteiger charge is 2.12. The molecule has 1 atom stereocenters. The van der Waals surface area contributed by atoms with E-state index in [0.29, 0.717) is 0 Å². The van der Waals surface area contributed by atoms with E-state index in [0.717, 1.165) is 24.3 Å². The summed E-state index contributed by atoms with van der Waals surface area (Å²) in [5.41, 5.74) is 0.905. The molecule has 0 spiro atoms. The fourth-order valence-corrected chi connectivity index (χ4v) is 2.93. The van der Waals surface area contributed by atoms with Gasteiger partial charge in [0.1, 0.15) is 5.82 Å². The van der Waals surface area contributed by atoms with Crippen molar-refractivity contribution < 1.29 is 4.39 Å². The first-order valence-corrected chi connectivity index (χ1v) is 7.80. The molecule has 1 N–H and O–H groups in total. The molecule has 0 aliphatic heterocycles. The summed E-state index contributed by atoms with van der Waals surface area (Å²) in [4.78, 5) is 5.17. The van der Waals surface area contributed by atoms with Gasteiger partial charge < -0.3 is 5.32 Å². The number of nitrogens with zero attached hydrogens (tertiary/aromatic N) is 1. The van der Waals surface area contributed by atoms with E-state index < -0.39 is 0 Å². The SMILES string of the molecule is CCCNC(CSc1ccccc1)c1cncc(F)c1. The second-order valence-electron chi connectivity index (χ2n) is 4.57. The molecule has 2 rings (SSSR count). The third kappa shape index (κ3) is 4.62. The maximum absolute atomic E-state index is 13.3. The maximum Gasteiger partial charge on any atom is 0.141 e. The van der Waals surface area contributed by atoms with Crippen molar-refractivity contribution in [3.8, 4) is 0 Å². The molecule has 1 heterocycles. The zero-order chi connectivity index (χ0) is 14.2. The van der Waals surface area contributed by atoms with Crippen LogP contribution >= 0.6 is 11.8 Å². The van der Waals surface area contributed by atoms with Crippen molar-refractivity contribution in [1.82, 2.24) is 10.3 Å². The molecule has 0 radical (unpaired) electrons. The average molecular weight is 290 g/mol. The van der Waals surface area contributed by atoms with Gasteiger partial charge in [0.05, 0.1) is 6.20 Å². The highest BCUT2D eigenvalue weighted by molar-refractivity contribution is 7.99. The first kappa shape index (κ1) is 15.0. The van der Waals surface area contributed by atoms with Crippen LogP contribution in [0.3, 0.4) is 0 Å². The molecular weight excluding hydrogens is 271 g/mol. The molecule has 4 heteroatoms. The Kier molecular flexibility index (Phi) is 6.02. The Morgan fingerprint density at radius 1 is 1.25 bits per heavy atom. The van der Waals surface area contributed by atoms with Crippen LogP contribution in [-0.2, 0) is 0 Å². The predicted molar refractivity (Wildman–Crippen MR) is 82.4 cm³/mol. The van der Waals surface area contributed by atoms with Gasteiger partial charge in [0.15, 0.2) is 0 Å². The Bertz CT molecular complexity index is 519. The molecular formula is C16H19FN2S. The number of nitrogens with one attached hydrogen (secondary N) is 1. The molecule has 0 amide bonds. The number of rotatable bonds is 7. The van der Waals surface area contributed by atoms with Crippen LogP contribution in [0.15, 0.2) is 53.7 Å². The predicted octanol–water partition coefficient (Wildman–Crippen LogP) is 4.05. The number of thioether (sulfide) groups is 1. The summed E-state index contributed by atoms with van der Waals surface area (Å²) in [5.74, 6) is 0.574. The number of halogens is 1. The molecule has 1 unspecified atom stereocenters. The van der Waals surface area contributed by atoms with Gasteiger partial charge in [-0.2, -0.15) is 0 Å². The summed E-state index contributed by atoms with van der Waals surface area (Å²) < 4.78 is 13.3.